The minimum Gasteiger partial charge on any atom is -0.326 e. The number of aryl methyl sites for hydroxylation is 2. The van der Waals surface area contributed by atoms with Crippen LogP contribution in [0.25, 0.3) is 11.1 Å². The Morgan fingerprint density at radius 1 is 0.875 bits per heavy atom. The molecule has 0 aliphatic heterocycles. The number of anilines is 1. The van der Waals surface area contributed by atoms with E-state index in [-0.39, 0.29) is 24.1 Å². The van der Waals surface area contributed by atoms with Crippen LogP contribution in [-0.2, 0) is 4.79 Å². The van der Waals surface area contributed by atoms with Gasteiger partial charge < -0.3 is 5.32 Å². The van der Waals surface area contributed by atoms with E-state index in [1.54, 1.807) is 18.3 Å². The first kappa shape index (κ1) is 21.4. The summed E-state index contributed by atoms with van der Waals surface area (Å²) in [7, 11) is 0. The lowest BCUT2D eigenvalue weighted by atomic mass is 9.88. The summed E-state index contributed by atoms with van der Waals surface area (Å²) in [6, 6.07) is 26.6. The molecule has 32 heavy (non-hydrogen) atoms. The molecule has 160 valence electrons. The third-order valence-electron chi connectivity index (χ3n) is 5.58. The second-order valence-corrected chi connectivity index (χ2v) is 7.96. The van der Waals surface area contributed by atoms with Gasteiger partial charge in [-0.05, 0) is 60.4 Å². The van der Waals surface area contributed by atoms with Gasteiger partial charge in [-0.3, -0.25) is 9.78 Å². The van der Waals surface area contributed by atoms with Crippen LogP contribution in [0.5, 0.6) is 0 Å². The molecule has 0 bridgehead atoms. The number of hydrogen-bond donors (Lipinski definition) is 1. The number of nitrogens with one attached hydrogen (secondary N) is 1. The van der Waals surface area contributed by atoms with Crippen molar-refractivity contribution in [2.75, 3.05) is 5.32 Å². The zero-order valence-electron chi connectivity index (χ0n) is 18.2. The van der Waals surface area contributed by atoms with E-state index in [9.17, 15) is 9.18 Å². The first-order valence-electron chi connectivity index (χ1n) is 10.6. The molecule has 3 aromatic carbocycles. The third kappa shape index (κ3) is 4.92. The molecule has 0 fully saturated rings. The first-order valence-corrected chi connectivity index (χ1v) is 10.6. The average molecular weight is 425 g/mol. The number of aromatic nitrogens is 1. The number of benzene rings is 3. The van der Waals surface area contributed by atoms with Crippen molar-refractivity contribution in [3.05, 3.63) is 119 Å². The van der Waals surface area contributed by atoms with Crippen LogP contribution in [0.1, 0.15) is 34.7 Å². The third-order valence-corrected chi connectivity index (χ3v) is 5.58. The molecule has 0 spiro atoms. The van der Waals surface area contributed by atoms with Crippen LogP contribution < -0.4 is 5.32 Å². The molecule has 4 aromatic rings. The number of amides is 1. The van der Waals surface area contributed by atoms with Crippen molar-refractivity contribution in [3.8, 4) is 11.1 Å². The van der Waals surface area contributed by atoms with Crippen molar-refractivity contribution in [1.29, 1.82) is 0 Å². The quantitative estimate of drug-likeness (QED) is 0.376. The molecular formula is C28H25FN2O. The minimum absolute atomic E-state index is 0.0797. The predicted molar refractivity (Wildman–Crippen MR) is 127 cm³/mol. The SMILES string of the molecule is Cc1cc(-c2ccc(NC(=O)CC(c3ccccc3)c3ccccc3)cc2F)c(C)cn1. The van der Waals surface area contributed by atoms with Gasteiger partial charge >= 0.3 is 0 Å². The topological polar surface area (TPSA) is 42.0 Å². The van der Waals surface area contributed by atoms with E-state index in [2.05, 4.69) is 10.3 Å². The lowest BCUT2D eigenvalue weighted by molar-refractivity contribution is -0.116. The molecule has 1 aromatic heterocycles. The number of rotatable bonds is 6. The van der Waals surface area contributed by atoms with Gasteiger partial charge in [0.25, 0.3) is 0 Å². The van der Waals surface area contributed by atoms with E-state index in [0.29, 0.717) is 11.3 Å². The van der Waals surface area contributed by atoms with E-state index in [1.165, 1.54) is 6.07 Å². The fraction of sp³-hybridized carbons (Fsp3) is 0.143. The normalized spacial score (nSPS) is 10.9. The van der Waals surface area contributed by atoms with Gasteiger partial charge in [0.05, 0.1) is 0 Å². The van der Waals surface area contributed by atoms with Gasteiger partial charge in [-0.25, -0.2) is 4.39 Å². The van der Waals surface area contributed by atoms with Gasteiger partial charge in [-0.15, -0.1) is 0 Å². The van der Waals surface area contributed by atoms with Gasteiger partial charge in [-0.1, -0.05) is 60.7 Å². The van der Waals surface area contributed by atoms with Crippen LogP contribution in [0.4, 0.5) is 10.1 Å². The highest BCUT2D eigenvalue weighted by Crippen LogP contribution is 2.30. The second-order valence-electron chi connectivity index (χ2n) is 7.96. The maximum absolute atomic E-state index is 14.9. The van der Waals surface area contributed by atoms with Crippen molar-refractivity contribution in [2.45, 2.75) is 26.2 Å². The molecule has 0 aliphatic rings. The van der Waals surface area contributed by atoms with E-state index in [1.807, 2.05) is 80.6 Å². The lowest BCUT2D eigenvalue weighted by Gasteiger charge is -2.18. The standard InChI is InChI=1S/C28H25FN2O/c1-19-18-30-20(2)15-25(19)24-14-13-23(16-27(24)29)31-28(32)17-26(21-9-5-3-6-10-21)22-11-7-4-8-12-22/h3-16,18,26H,17H2,1-2H3,(H,31,32). The highest BCUT2D eigenvalue weighted by Gasteiger charge is 2.19. The molecule has 3 nitrogen and oxygen atoms in total. The van der Waals surface area contributed by atoms with Crippen molar-refractivity contribution in [3.63, 3.8) is 0 Å². The Morgan fingerprint density at radius 2 is 1.50 bits per heavy atom. The van der Waals surface area contributed by atoms with Gasteiger partial charge in [0, 0.05) is 35.5 Å². The fourth-order valence-electron chi connectivity index (χ4n) is 3.93. The van der Waals surface area contributed by atoms with Crippen molar-refractivity contribution in [2.24, 2.45) is 0 Å². The van der Waals surface area contributed by atoms with Crippen LogP contribution in [0, 0.1) is 19.7 Å². The number of halogens is 1. The van der Waals surface area contributed by atoms with E-state index < -0.39 is 0 Å². The number of nitrogens with zero attached hydrogens (tertiary/aromatic N) is 1. The Bertz CT molecular complexity index is 1180. The monoisotopic (exact) mass is 424 g/mol. The summed E-state index contributed by atoms with van der Waals surface area (Å²) < 4.78 is 14.9. The maximum atomic E-state index is 14.9. The van der Waals surface area contributed by atoms with Gasteiger partial charge in [0.2, 0.25) is 5.91 Å². The molecule has 1 heterocycles. The summed E-state index contributed by atoms with van der Waals surface area (Å²) in [5.41, 5.74) is 5.62. The molecular weight excluding hydrogens is 399 g/mol. The summed E-state index contributed by atoms with van der Waals surface area (Å²) in [4.78, 5) is 17.1. The van der Waals surface area contributed by atoms with Gasteiger partial charge in [0.15, 0.2) is 0 Å². The summed E-state index contributed by atoms with van der Waals surface area (Å²) in [6.45, 7) is 3.79. The highest BCUT2D eigenvalue weighted by molar-refractivity contribution is 5.92. The number of carbonyl (C=O) groups excluding carboxylic acids is 1. The Labute approximate surface area is 188 Å². The van der Waals surface area contributed by atoms with Crippen LogP contribution in [0.3, 0.4) is 0 Å². The zero-order valence-corrected chi connectivity index (χ0v) is 18.2. The summed E-state index contributed by atoms with van der Waals surface area (Å²) >= 11 is 0. The Kier molecular flexibility index (Phi) is 6.41. The molecule has 4 heteroatoms. The molecule has 0 aliphatic carbocycles. The predicted octanol–water partition coefficient (Wildman–Crippen LogP) is 6.67. The summed E-state index contributed by atoms with van der Waals surface area (Å²) in [5.74, 6) is -0.617. The fourth-order valence-corrected chi connectivity index (χ4v) is 3.93. The van der Waals surface area contributed by atoms with Crippen LogP contribution >= 0.6 is 0 Å². The Balaban J connectivity index is 1.54. The molecule has 1 amide bonds. The van der Waals surface area contributed by atoms with E-state index in [4.69, 9.17) is 0 Å². The van der Waals surface area contributed by atoms with Gasteiger partial charge in [-0.2, -0.15) is 0 Å². The molecule has 4 rings (SSSR count). The van der Waals surface area contributed by atoms with Crippen LogP contribution in [-0.4, -0.2) is 10.9 Å². The Morgan fingerprint density at radius 3 is 2.09 bits per heavy atom. The van der Waals surface area contributed by atoms with Crippen molar-refractivity contribution in [1.82, 2.24) is 4.98 Å². The summed E-state index contributed by atoms with van der Waals surface area (Å²) in [5, 5.41) is 2.87. The molecule has 0 saturated heterocycles. The molecule has 0 saturated carbocycles. The lowest BCUT2D eigenvalue weighted by Crippen LogP contribution is -2.16. The van der Waals surface area contributed by atoms with Crippen LogP contribution in [0.15, 0.2) is 91.1 Å². The highest BCUT2D eigenvalue weighted by atomic mass is 19.1. The van der Waals surface area contributed by atoms with Crippen molar-refractivity contribution < 1.29 is 9.18 Å². The van der Waals surface area contributed by atoms with E-state index in [0.717, 1.165) is 27.9 Å². The maximum Gasteiger partial charge on any atom is 0.225 e. The average Bonchev–Trinajstić information content (AvgIpc) is 2.80. The van der Waals surface area contributed by atoms with Crippen LogP contribution in [0.2, 0.25) is 0 Å². The second kappa shape index (κ2) is 9.56. The first-order chi connectivity index (χ1) is 15.5. The number of carbonyl (C=O) groups is 1. The molecule has 0 atom stereocenters. The largest absolute Gasteiger partial charge is 0.326 e. The summed E-state index contributed by atoms with van der Waals surface area (Å²) in [6.07, 6.45) is 2.01. The smallest absolute Gasteiger partial charge is 0.225 e. The number of hydrogen-bond acceptors (Lipinski definition) is 2. The molecule has 0 radical (unpaired) electrons. The molecule has 0 unspecified atom stereocenters. The Hall–Kier alpha value is -3.79. The van der Waals surface area contributed by atoms with E-state index >= 15 is 0 Å². The minimum atomic E-state index is -0.376. The zero-order chi connectivity index (χ0) is 22.5. The molecule has 1 N–H and O–H groups in total. The number of pyridine rings is 1. The van der Waals surface area contributed by atoms with Gasteiger partial charge in [0.1, 0.15) is 5.82 Å². The van der Waals surface area contributed by atoms with Crippen molar-refractivity contribution >= 4 is 11.6 Å².